The van der Waals surface area contributed by atoms with Crippen molar-refractivity contribution in [1.29, 1.82) is 0 Å². The van der Waals surface area contributed by atoms with Gasteiger partial charge in [-0.3, -0.25) is 9.89 Å². The van der Waals surface area contributed by atoms with Crippen LogP contribution in [0.2, 0.25) is 0 Å². The standard InChI is InChI=1S/C17H20N6OS/c1-10-20-13-3-2-12(8-14(13)25-10)17(24)19-9-15-21-16(23-22-15)11-4-6-18-7-5-11/h2-3,8,11,18H,4-7,9H2,1H3,(H,19,24)(H,21,22,23). The molecular formula is C17H20N6OS. The fourth-order valence-electron chi connectivity index (χ4n) is 3.10. The SMILES string of the molecule is Cc1nc2ccc(C(=O)NCc3nc(C4CCNCC4)n[nH]3)cc2s1. The van der Waals surface area contributed by atoms with Crippen LogP contribution in [0.1, 0.15) is 45.8 Å². The molecule has 1 fully saturated rings. The summed E-state index contributed by atoms with van der Waals surface area (Å²) >= 11 is 1.59. The van der Waals surface area contributed by atoms with Crippen molar-refractivity contribution in [2.45, 2.75) is 32.2 Å². The Bertz CT molecular complexity index is 896. The van der Waals surface area contributed by atoms with Crippen LogP contribution in [-0.4, -0.2) is 39.2 Å². The zero-order valence-electron chi connectivity index (χ0n) is 14.0. The lowest BCUT2D eigenvalue weighted by Gasteiger charge is -2.19. The van der Waals surface area contributed by atoms with Crippen LogP contribution in [0.15, 0.2) is 18.2 Å². The largest absolute Gasteiger partial charge is 0.345 e. The molecular weight excluding hydrogens is 336 g/mol. The number of carbonyl (C=O) groups excluding carboxylic acids is 1. The lowest BCUT2D eigenvalue weighted by Crippen LogP contribution is -2.27. The van der Waals surface area contributed by atoms with Crippen LogP contribution in [-0.2, 0) is 6.54 Å². The molecule has 0 bridgehead atoms. The summed E-state index contributed by atoms with van der Waals surface area (Å²) in [6, 6.07) is 5.57. The Morgan fingerprint density at radius 3 is 3.00 bits per heavy atom. The van der Waals surface area contributed by atoms with Gasteiger partial charge in [-0.25, -0.2) is 9.97 Å². The number of thiazole rings is 1. The summed E-state index contributed by atoms with van der Waals surface area (Å²) in [5, 5.41) is 14.5. The number of nitrogens with zero attached hydrogens (tertiary/aromatic N) is 3. The monoisotopic (exact) mass is 356 g/mol. The van der Waals surface area contributed by atoms with Gasteiger partial charge in [0, 0.05) is 11.5 Å². The third-order valence-electron chi connectivity index (χ3n) is 4.43. The average Bonchev–Trinajstić information content (AvgIpc) is 3.25. The zero-order valence-corrected chi connectivity index (χ0v) is 14.8. The molecule has 8 heteroatoms. The van der Waals surface area contributed by atoms with Gasteiger partial charge in [0.25, 0.3) is 5.91 Å². The summed E-state index contributed by atoms with van der Waals surface area (Å²) in [7, 11) is 0. The number of nitrogens with one attached hydrogen (secondary N) is 3. The van der Waals surface area contributed by atoms with Gasteiger partial charge in [0.2, 0.25) is 0 Å². The van der Waals surface area contributed by atoms with Gasteiger partial charge in [0.15, 0.2) is 5.82 Å². The summed E-state index contributed by atoms with van der Waals surface area (Å²) in [5.74, 6) is 1.83. The third-order valence-corrected chi connectivity index (χ3v) is 5.36. The van der Waals surface area contributed by atoms with Crippen LogP contribution in [0, 0.1) is 6.92 Å². The van der Waals surface area contributed by atoms with Gasteiger partial charge in [-0.1, -0.05) is 0 Å². The van der Waals surface area contributed by atoms with E-state index in [9.17, 15) is 4.79 Å². The lowest BCUT2D eigenvalue weighted by atomic mass is 9.98. The lowest BCUT2D eigenvalue weighted by molar-refractivity contribution is 0.0950. The van der Waals surface area contributed by atoms with Crippen molar-refractivity contribution in [1.82, 2.24) is 30.8 Å². The number of aryl methyl sites for hydroxylation is 1. The van der Waals surface area contributed by atoms with E-state index < -0.39 is 0 Å². The fraction of sp³-hybridized carbons (Fsp3) is 0.412. The Labute approximate surface area is 149 Å². The van der Waals surface area contributed by atoms with Crippen LogP contribution >= 0.6 is 11.3 Å². The first-order valence-corrected chi connectivity index (χ1v) is 9.28. The first-order valence-electron chi connectivity index (χ1n) is 8.46. The first kappa shape index (κ1) is 16.2. The molecule has 1 saturated heterocycles. The Hall–Kier alpha value is -2.32. The number of rotatable bonds is 4. The maximum absolute atomic E-state index is 12.4. The van der Waals surface area contributed by atoms with Crippen molar-refractivity contribution in [3.05, 3.63) is 40.4 Å². The molecule has 130 valence electrons. The molecule has 1 aliphatic rings. The predicted octanol–water partition coefficient (Wildman–Crippen LogP) is 2.12. The Morgan fingerprint density at radius 1 is 1.32 bits per heavy atom. The second kappa shape index (κ2) is 6.89. The summed E-state index contributed by atoms with van der Waals surface area (Å²) < 4.78 is 1.03. The Balaban J connectivity index is 1.40. The normalized spacial score (nSPS) is 15.6. The van der Waals surface area contributed by atoms with Crippen LogP contribution in [0.5, 0.6) is 0 Å². The predicted molar refractivity (Wildman–Crippen MR) is 96.8 cm³/mol. The summed E-state index contributed by atoms with van der Waals surface area (Å²) in [4.78, 5) is 21.3. The number of benzene rings is 1. The number of H-pyrrole nitrogens is 1. The molecule has 25 heavy (non-hydrogen) atoms. The van der Waals surface area contributed by atoms with Crippen molar-refractivity contribution in [3.8, 4) is 0 Å². The highest BCUT2D eigenvalue weighted by molar-refractivity contribution is 7.18. The molecule has 1 aromatic carbocycles. The quantitative estimate of drug-likeness (QED) is 0.665. The molecule has 0 radical (unpaired) electrons. The van der Waals surface area contributed by atoms with E-state index in [1.54, 1.807) is 17.4 Å². The van der Waals surface area contributed by atoms with Crippen molar-refractivity contribution in [3.63, 3.8) is 0 Å². The van der Waals surface area contributed by atoms with E-state index >= 15 is 0 Å². The topological polar surface area (TPSA) is 95.6 Å². The van der Waals surface area contributed by atoms with Crippen molar-refractivity contribution in [2.24, 2.45) is 0 Å². The molecule has 0 aliphatic carbocycles. The average molecular weight is 356 g/mol. The number of hydrogen-bond donors (Lipinski definition) is 3. The van der Waals surface area contributed by atoms with Crippen LogP contribution in [0.3, 0.4) is 0 Å². The fourth-order valence-corrected chi connectivity index (χ4v) is 3.97. The number of aromatic amines is 1. The third kappa shape index (κ3) is 3.54. The smallest absolute Gasteiger partial charge is 0.251 e. The molecule has 7 nitrogen and oxygen atoms in total. The zero-order chi connectivity index (χ0) is 17.2. The van der Waals surface area contributed by atoms with Gasteiger partial charge >= 0.3 is 0 Å². The molecule has 3 N–H and O–H groups in total. The molecule has 1 amide bonds. The van der Waals surface area contributed by atoms with Gasteiger partial charge in [-0.15, -0.1) is 11.3 Å². The molecule has 0 unspecified atom stereocenters. The highest BCUT2D eigenvalue weighted by Crippen LogP contribution is 2.23. The van der Waals surface area contributed by atoms with Gasteiger partial charge in [-0.05, 0) is 51.1 Å². The molecule has 4 rings (SSSR count). The van der Waals surface area contributed by atoms with Gasteiger partial charge in [0.05, 0.1) is 21.8 Å². The number of fused-ring (bicyclic) bond motifs is 1. The molecule has 0 saturated carbocycles. The van der Waals surface area contributed by atoms with E-state index in [-0.39, 0.29) is 5.91 Å². The molecule has 0 spiro atoms. The van der Waals surface area contributed by atoms with Crippen LogP contribution in [0.4, 0.5) is 0 Å². The minimum absolute atomic E-state index is 0.118. The van der Waals surface area contributed by atoms with Crippen LogP contribution < -0.4 is 10.6 Å². The maximum Gasteiger partial charge on any atom is 0.251 e. The number of amides is 1. The first-order chi connectivity index (χ1) is 12.2. The second-order valence-corrected chi connectivity index (χ2v) is 7.50. The van der Waals surface area contributed by atoms with Gasteiger partial charge < -0.3 is 10.6 Å². The maximum atomic E-state index is 12.4. The minimum atomic E-state index is -0.118. The molecule has 0 atom stereocenters. The van der Waals surface area contributed by atoms with Gasteiger partial charge in [0.1, 0.15) is 5.82 Å². The summed E-state index contributed by atoms with van der Waals surface area (Å²) in [6.45, 7) is 4.32. The summed E-state index contributed by atoms with van der Waals surface area (Å²) in [6.07, 6.45) is 2.11. The molecule has 2 aromatic heterocycles. The summed E-state index contributed by atoms with van der Waals surface area (Å²) in [5.41, 5.74) is 1.56. The van der Waals surface area contributed by atoms with Crippen molar-refractivity contribution >= 4 is 27.5 Å². The van der Waals surface area contributed by atoms with Crippen molar-refractivity contribution in [2.75, 3.05) is 13.1 Å². The highest BCUT2D eigenvalue weighted by Gasteiger charge is 2.19. The highest BCUT2D eigenvalue weighted by atomic mass is 32.1. The van der Waals surface area contributed by atoms with E-state index in [1.165, 1.54) is 0 Å². The van der Waals surface area contributed by atoms with Gasteiger partial charge in [-0.2, -0.15) is 5.10 Å². The Kier molecular flexibility index (Phi) is 4.46. The van der Waals surface area contributed by atoms with E-state index in [2.05, 4.69) is 30.8 Å². The van der Waals surface area contributed by atoms with E-state index in [1.807, 2.05) is 19.1 Å². The van der Waals surface area contributed by atoms with E-state index in [4.69, 9.17) is 0 Å². The van der Waals surface area contributed by atoms with Crippen LogP contribution in [0.25, 0.3) is 10.2 Å². The number of piperidine rings is 1. The molecule has 3 heterocycles. The number of aromatic nitrogens is 4. The van der Waals surface area contributed by atoms with E-state index in [0.29, 0.717) is 23.9 Å². The minimum Gasteiger partial charge on any atom is -0.345 e. The van der Waals surface area contributed by atoms with E-state index in [0.717, 1.165) is 47.0 Å². The molecule has 1 aliphatic heterocycles. The number of carbonyl (C=O) groups is 1. The Morgan fingerprint density at radius 2 is 2.16 bits per heavy atom. The van der Waals surface area contributed by atoms with Crippen molar-refractivity contribution < 1.29 is 4.79 Å². The number of hydrogen-bond acceptors (Lipinski definition) is 6. The second-order valence-electron chi connectivity index (χ2n) is 6.26. The molecule has 3 aromatic rings.